The lowest BCUT2D eigenvalue weighted by Gasteiger charge is -2.27. The van der Waals surface area contributed by atoms with Crippen molar-refractivity contribution >= 4 is 55.4 Å². The molecule has 0 aliphatic rings. The molecule has 150 valence electrons. The van der Waals surface area contributed by atoms with Gasteiger partial charge in [-0.1, -0.05) is 54.6 Å². The minimum atomic E-state index is -1.93. The van der Waals surface area contributed by atoms with Crippen LogP contribution in [0.15, 0.2) is 107 Å². The molecule has 0 aliphatic heterocycles. The number of hydrogen-bond acceptors (Lipinski definition) is 2. The van der Waals surface area contributed by atoms with Gasteiger partial charge in [-0.3, -0.25) is 4.40 Å². The molecule has 30 heavy (non-hydrogen) atoms. The van der Waals surface area contributed by atoms with E-state index in [2.05, 4.69) is 123 Å². The zero-order valence-corrected chi connectivity index (χ0v) is 20.9. The lowest BCUT2D eigenvalue weighted by Crippen LogP contribution is -3.00. The van der Waals surface area contributed by atoms with E-state index in [4.69, 9.17) is 4.98 Å². The Morgan fingerprint density at radius 3 is 1.67 bits per heavy atom. The van der Waals surface area contributed by atoms with Gasteiger partial charge in [-0.15, -0.1) is 11.3 Å². The first kappa shape index (κ1) is 21.5. The molecule has 0 bridgehead atoms. The highest BCUT2D eigenvalue weighted by Crippen LogP contribution is 2.58. The third-order valence-electron chi connectivity index (χ3n) is 5.25. The molecule has 0 radical (unpaired) electrons. The third-order valence-corrected chi connectivity index (χ3v) is 11.2. The quantitative estimate of drug-likeness (QED) is 0.304. The predicted octanol–water partition coefficient (Wildman–Crippen LogP) is 2.66. The highest BCUT2D eigenvalue weighted by molar-refractivity contribution is 9.10. The Bertz CT molecular complexity index is 1140. The average Bonchev–Trinajstić information content (AvgIpc) is 3.37. The molecule has 0 saturated carbocycles. The summed E-state index contributed by atoms with van der Waals surface area (Å²) >= 11 is 5.50. The molecule has 3 aromatic carbocycles. The normalized spacial score (nSPS) is 11.4. The van der Waals surface area contributed by atoms with E-state index in [1.54, 1.807) is 11.3 Å². The van der Waals surface area contributed by atoms with Gasteiger partial charge in [0.25, 0.3) is 0 Å². The standard InChI is InChI=1S/C24H19BrN2PS.BrH/c25-23-22(26-24-27(23)16-17-29-24)18-28(19-10-4-1-5-11-19,20-12-6-2-7-13-20)21-14-8-3-9-15-21;/h1-17H,18H2;1H/q+1;/p-1. The molecule has 5 rings (SSSR count). The van der Waals surface area contributed by atoms with Crippen LogP contribution in [-0.2, 0) is 6.16 Å². The summed E-state index contributed by atoms with van der Waals surface area (Å²) < 4.78 is 3.19. The Kier molecular flexibility index (Phi) is 6.54. The van der Waals surface area contributed by atoms with Crippen molar-refractivity contribution in [3.05, 3.63) is 113 Å². The van der Waals surface area contributed by atoms with Crippen LogP contribution >= 0.6 is 34.5 Å². The first-order valence-electron chi connectivity index (χ1n) is 9.44. The van der Waals surface area contributed by atoms with E-state index in [9.17, 15) is 0 Å². The van der Waals surface area contributed by atoms with Crippen LogP contribution < -0.4 is 32.9 Å². The maximum atomic E-state index is 5.00. The molecule has 0 saturated heterocycles. The number of imidazole rings is 1. The van der Waals surface area contributed by atoms with Gasteiger partial charge < -0.3 is 17.0 Å². The van der Waals surface area contributed by atoms with E-state index in [-0.39, 0.29) is 17.0 Å². The van der Waals surface area contributed by atoms with E-state index in [1.165, 1.54) is 15.9 Å². The van der Waals surface area contributed by atoms with Crippen molar-refractivity contribution in [1.29, 1.82) is 0 Å². The zero-order chi connectivity index (χ0) is 19.7. The molecule has 0 atom stereocenters. The van der Waals surface area contributed by atoms with Crippen molar-refractivity contribution in [2.75, 3.05) is 0 Å². The molecule has 2 aromatic heterocycles. The van der Waals surface area contributed by atoms with Crippen LogP contribution in [-0.4, -0.2) is 9.38 Å². The molecular formula is C24H19Br2N2PS. The van der Waals surface area contributed by atoms with Crippen LogP contribution in [0.2, 0.25) is 0 Å². The number of thiazole rings is 1. The van der Waals surface area contributed by atoms with Crippen LogP contribution in [0, 0.1) is 0 Å². The molecule has 0 N–H and O–H groups in total. The van der Waals surface area contributed by atoms with Crippen LogP contribution in [0.5, 0.6) is 0 Å². The van der Waals surface area contributed by atoms with Crippen molar-refractivity contribution in [3.63, 3.8) is 0 Å². The van der Waals surface area contributed by atoms with Crippen LogP contribution in [0.4, 0.5) is 0 Å². The molecule has 0 amide bonds. The largest absolute Gasteiger partial charge is 1.00 e. The maximum Gasteiger partial charge on any atom is 0.194 e. The van der Waals surface area contributed by atoms with Crippen molar-refractivity contribution < 1.29 is 17.0 Å². The summed E-state index contributed by atoms with van der Waals surface area (Å²) in [6, 6.07) is 32.8. The zero-order valence-electron chi connectivity index (χ0n) is 16.0. The Morgan fingerprint density at radius 1 is 0.767 bits per heavy atom. The van der Waals surface area contributed by atoms with Crippen molar-refractivity contribution in [1.82, 2.24) is 9.38 Å². The second kappa shape index (κ2) is 9.15. The smallest absolute Gasteiger partial charge is 0.194 e. The van der Waals surface area contributed by atoms with E-state index in [0.29, 0.717) is 0 Å². The molecule has 0 aliphatic carbocycles. The van der Waals surface area contributed by atoms with Gasteiger partial charge in [0, 0.05) is 11.6 Å². The fourth-order valence-electron chi connectivity index (χ4n) is 3.90. The van der Waals surface area contributed by atoms with E-state index >= 15 is 0 Å². The molecule has 6 heteroatoms. The Morgan fingerprint density at radius 2 is 1.23 bits per heavy atom. The highest BCUT2D eigenvalue weighted by Gasteiger charge is 2.46. The molecular weight excluding hydrogens is 539 g/mol. The van der Waals surface area contributed by atoms with Crippen LogP contribution in [0.25, 0.3) is 4.96 Å². The molecule has 2 heterocycles. The predicted molar refractivity (Wildman–Crippen MR) is 130 cm³/mol. The number of hydrogen-bond donors (Lipinski definition) is 0. The van der Waals surface area contributed by atoms with Gasteiger partial charge in [0.1, 0.15) is 39.6 Å². The van der Waals surface area contributed by atoms with E-state index in [1.807, 2.05) is 0 Å². The number of halogens is 2. The number of benzene rings is 3. The third kappa shape index (κ3) is 3.69. The Hall–Kier alpha value is -1.78. The topological polar surface area (TPSA) is 17.3 Å². The summed E-state index contributed by atoms with van der Waals surface area (Å²) in [5.41, 5.74) is 1.11. The fraction of sp³-hybridized carbons (Fsp3) is 0.0417. The molecule has 0 unspecified atom stereocenters. The first-order valence-corrected chi connectivity index (χ1v) is 13.1. The van der Waals surface area contributed by atoms with Crippen LogP contribution in [0.1, 0.15) is 5.69 Å². The number of nitrogens with zero attached hydrogens (tertiary/aromatic N) is 2. The number of aromatic nitrogens is 2. The Balaban J connectivity index is 0.00000218. The van der Waals surface area contributed by atoms with Gasteiger partial charge in [-0.05, 0) is 52.3 Å². The van der Waals surface area contributed by atoms with Crippen molar-refractivity contribution in [3.8, 4) is 0 Å². The lowest BCUT2D eigenvalue weighted by atomic mass is 10.4. The summed E-state index contributed by atoms with van der Waals surface area (Å²) in [5.74, 6) is 0. The Labute approximate surface area is 199 Å². The summed E-state index contributed by atoms with van der Waals surface area (Å²) in [5, 5.41) is 6.20. The van der Waals surface area contributed by atoms with Crippen molar-refractivity contribution in [2.24, 2.45) is 0 Å². The van der Waals surface area contributed by atoms with E-state index in [0.717, 1.165) is 21.4 Å². The summed E-state index contributed by atoms with van der Waals surface area (Å²) in [7, 11) is -1.93. The van der Waals surface area contributed by atoms with Gasteiger partial charge >= 0.3 is 0 Å². The first-order chi connectivity index (χ1) is 14.3. The highest BCUT2D eigenvalue weighted by atomic mass is 79.9. The van der Waals surface area contributed by atoms with Gasteiger partial charge in [0.15, 0.2) is 4.96 Å². The van der Waals surface area contributed by atoms with Crippen LogP contribution in [0.3, 0.4) is 0 Å². The van der Waals surface area contributed by atoms with Gasteiger partial charge in [0.05, 0.1) is 0 Å². The number of fused-ring (bicyclic) bond motifs is 1. The van der Waals surface area contributed by atoms with E-state index < -0.39 is 7.26 Å². The second-order valence-corrected chi connectivity index (χ2v) is 12.0. The summed E-state index contributed by atoms with van der Waals surface area (Å²) in [4.78, 5) is 6.02. The lowest BCUT2D eigenvalue weighted by molar-refractivity contribution is -0.00000553. The molecule has 0 spiro atoms. The molecule has 5 aromatic rings. The van der Waals surface area contributed by atoms with Gasteiger partial charge in [-0.2, -0.15) is 0 Å². The molecule has 2 nitrogen and oxygen atoms in total. The summed E-state index contributed by atoms with van der Waals surface area (Å²) in [6.45, 7) is 0. The fourth-order valence-corrected chi connectivity index (χ4v) is 9.63. The monoisotopic (exact) mass is 556 g/mol. The van der Waals surface area contributed by atoms with Gasteiger partial charge in [-0.25, -0.2) is 4.98 Å². The maximum absolute atomic E-state index is 5.00. The minimum Gasteiger partial charge on any atom is -1.00 e. The second-order valence-electron chi connectivity index (χ2n) is 6.88. The van der Waals surface area contributed by atoms with Gasteiger partial charge in [0.2, 0.25) is 0 Å². The number of rotatable bonds is 5. The molecule has 0 fully saturated rings. The minimum absolute atomic E-state index is 0. The SMILES string of the molecule is Brc1c(C[P+](c2ccccc2)(c2ccccc2)c2ccccc2)nc2sccn12.[Br-]. The van der Waals surface area contributed by atoms with Crippen molar-refractivity contribution in [2.45, 2.75) is 6.16 Å². The summed E-state index contributed by atoms with van der Waals surface area (Å²) in [6.07, 6.45) is 2.95. The average molecular weight is 558 g/mol.